The van der Waals surface area contributed by atoms with Gasteiger partial charge in [0, 0.05) is 38.0 Å². The Labute approximate surface area is 210 Å². The molecule has 0 aromatic heterocycles. The largest absolute Gasteiger partial charge is 0.303 e. The summed E-state index contributed by atoms with van der Waals surface area (Å²) in [5.74, 6) is 8.76. The number of hydrogen-bond acceptors (Lipinski definition) is 2. The van der Waals surface area contributed by atoms with E-state index in [0.29, 0.717) is 11.8 Å². The molecule has 11 rings (SSSR count). The van der Waals surface area contributed by atoms with Crippen LogP contribution in [0.25, 0.3) is 0 Å². The molecule has 0 N–H and O–H groups in total. The summed E-state index contributed by atoms with van der Waals surface area (Å²) in [6.45, 7) is 8.00. The molecule has 2 saturated heterocycles. The lowest BCUT2D eigenvalue weighted by atomic mass is 9.47. The maximum atomic E-state index is 2.87. The van der Waals surface area contributed by atoms with Crippen LogP contribution in [0, 0.1) is 47.3 Å². The van der Waals surface area contributed by atoms with Crippen molar-refractivity contribution in [2.75, 3.05) is 39.3 Å². The summed E-state index contributed by atoms with van der Waals surface area (Å²) in [7, 11) is 0. The quantitative estimate of drug-likeness (QED) is 0.545. The van der Waals surface area contributed by atoms with Crippen LogP contribution in [0.15, 0.2) is 60.7 Å². The molecule has 4 fully saturated rings. The Morgan fingerprint density at radius 3 is 1.31 bits per heavy atom. The third kappa shape index (κ3) is 2.68. The predicted molar refractivity (Wildman–Crippen MR) is 140 cm³/mol. The van der Waals surface area contributed by atoms with Gasteiger partial charge in [0.25, 0.3) is 0 Å². The predicted octanol–water partition coefficient (Wildman–Crippen LogP) is 5.61. The Hall–Kier alpha value is -1.90. The van der Waals surface area contributed by atoms with E-state index in [9.17, 15) is 0 Å². The van der Waals surface area contributed by atoms with Gasteiger partial charge in [-0.05, 0) is 102 Å². The number of benzene rings is 2. The number of rotatable bonds is 4. The first-order chi connectivity index (χ1) is 17.3. The maximum Gasteiger partial charge on any atom is 0.0139 e. The summed E-state index contributed by atoms with van der Waals surface area (Å²) in [5, 5.41) is 0. The Morgan fingerprint density at radius 1 is 0.514 bits per heavy atom. The Morgan fingerprint density at radius 2 is 0.914 bits per heavy atom. The van der Waals surface area contributed by atoms with E-state index >= 15 is 0 Å². The van der Waals surface area contributed by atoms with Gasteiger partial charge < -0.3 is 9.80 Å². The summed E-state index contributed by atoms with van der Waals surface area (Å²) in [5.41, 5.74) is 6.54. The highest BCUT2D eigenvalue weighted by molar-refractivity contribution is 5.57. The molecule has 9 aliphatic rings. The summed E-state index contributed by atoms with van der Waals surface area (Å²) < 4.78 is 0. The Balaban J connectivity index is 0.885. The molecule has 0 spiro atoms. The molecule has 8 unspecified atom stereocenters. The molecule has 2 heteroatoms. The third-order valence-electron chi connectivity index (χ3n) is 12.0. The second-order valence-corrected chi connectivity index (χ2v) is 13.2. The van der Waals surface area contributed by atoms with E-state index in [4.69, 9.17) is 0 Å². The van der Waals surface area contributed by atoms with E-state index in [1.165, 1.54) is 58.5 Å². The van der Waals surface area contributed by atoms with Gasteiger partial charge in [-0.25, -0.2) is 0 Å². The fourth-order valence-electron chi connectivity index (χ4n) is 10.7. The van der Waals surface area contributed by atoms with Gasteiger partial charge in [-0.15, -0.1) is 0 Å². The van der Waals surface area contributed by atoms with Crippen LogP contribution in [0.3, 0.4) is 0 Å². The molecule has 0 amide bonds. The van der Waals surface area contributed by atoms with Crippen molar-refractivity contribution in [1.29, 1.82) is 0 Å². The second-order valence-electron chi connectivity index (χ2n) is 13.2. The normalized spacial score (nSPS) is 43.9. The van der Waals surface area contributed by atoms with Gasteiger partial charge in [0.2, 0.25) is 0 Å². The first kappa shape index (κ1) is 20.2. The van der Waals surface area contributed by atoms with E-state index < -0.39 is 0 Å². The van der Waals surface area contributed by atoms with E-state index in [0.717, 1.165) is 47.3 Å². The summed E-state index contributed by atoms with van der Waals surface area (Å²) in [4.78, 5) is 5.72. The van der Waals surface area contributed by atoms with Crippen LogP contribution >= 0.6 is 0 Å². The van der Waals surface area contributed by atoms with Gasteiger partial charge in [0.15, 0.2) is 0 Å². The van der Waals surface area contributed by atoms with Gasteiger partial charge in [-0.3, -0.25) is 0 Å². The fraction of sp³-hybridized carbons (Fsp3) is 0.576. The lowest BCUT2D eigenvalue weighted by Crippen LogP contribution is -2.52. The summed E-state index contributed by atoms with van der Waals surface area (Å²) in [6.07, 6.45) is 9.68. The van der Waals surface area contributed by atoms with Gasteiger partial charge in [0.1, 0.15) is 0 Å². The van der Waals surface area contributed by atoms with Crippen molar-refractivity contribution in [2.45, 2.75) is 31.1 Å². The topological polar surface area (TPSA) is 6.48 Å². The molecule has 0 radical (unpaired) electrons. The monoisotopic (exact) mass is 462 g/mol. The molecular formula is C33H38N2. The molecule has 2 saturated carbocycles. The first-order valence-corrected chi connectivity index (χ1v) is 14.7. The van der Waals surface area contributed by atoms with Gasteiger partial charge in [0.05, 0.1) is 0 Å². The number of allylic oxidation sites excluding steroid dienone is 2. The van der Waals surface area contributed by atoms with E-state index in [1.807, 2.05) is 0 Å². The van der Waals surface area contributed by atoms with Crippen molar-refractivity contribution in [3.05, 3.63) is 82.9 Å². The molecule has 2 aromatic rings. The highest BCUT2D eigenvalue weighted by Gasteiger charge is 2.57. The zero-order valence-corrected chi connectivity index (χ0v) is 20.8. The van der Waals surface area contributed by atoms with Gasteiger partial charge in [-0.1, -0.05) is 60.7 Å². The van der Waals surface area contributed by atoms with Crippen LogP contribution in [0.4, 0.5) is 0 Å². The summed E-state index contributed by atoms with van der Waals surface area (Å²) in [6, 6.07) is 18.8. The van der Waals surface area contributed by atoms with E-state index in [-0.39, 0.29) is 0 Å². The van der Waals surface area contributed by atoms with Gasteiger partial charge >= 0.3 is 0 Å². The molecule has 2 heterocycles. The second kappa shape index (κ2) is 7.33. The Bertz CT molecular complexity index is 1070. The van der Waals surface area contributed by atoms with Crippen molar-refractivity contribution in [2.24, 2.45) is 47.3 Å². The molecule has 7 aliphatic carbocycles. The van der Waals surface area contributed by atoms with Crippen LogP contribution in [-0.4, -0.2) is 49.1 Å². The molecule has 35 heavy (non-hydrogen) atoms. The van der Waals surface area contributed by atoms with E-state index in [1.54, 1.807) is 22.3 Å². The minimum atomic E-state index is 0.613. The zero-order valence-electron chi connectivity index (χ0n) is 20.8. The number of nitrogens with zero attached hydrogens (tertiary/aromatic N) is 2. The van der Waals surface area contributed by atoms with Crippen LogP contribution < -0.4 is 0 Å². The number of likely N-dealkylation sites (tertiary alicyclic amines) is 2. The third-order valence-corrected chi connectivity index (χ3v) is 12.0. The molecule has 8 atom stereocenters. The minimum Gasteiger partial charge on any atom is -0.303 e. The molecule has 2 aliphatic heterocycles. The average molecular weight is 463 g/mol. The molecular weight excluding hydrogens is 424 g/mol. The van der Waals surface area contributed by atoms with Gasteiger partial charge in [-0.2, -0.15) is 0 Å². The fourth-order valence-corrected chi connectivity index (χ4v) is 10.7. The minimum absolute atomic E-state index is 0.613. The molecule has 180 valence electrons. The van der Waals surface area contributed by atoms with Crippen LogP contribution in [0.2, 0.25) is 0 Å². The number of hydrogen-bond donors (Lipinski definition) is 0. The van der Waals surface area contributed by atoms with Crippen LogP contribution in [0.1, 0.15) is 53.4 Å². The van der Waals surface area contributed by atoms with Crippen molar-refractivity contribution in [3.8, 4) is 0 Å². The standard InChI is InChI=1S/C33H38N2/c1-2-7-25-24(6-1)32-26-8-3-4-9-27(26)33(25)31-19-35(18-30(31)32)15-5-14-34-16-28-22-12-13-23(29(28)17-34)21-11-10-20(21)22/h1-4,6-9,12-13,20-23,28-33H,5,10-11,14-19H2. The lowest BCUT2D eigenvalue weighted by Gasteiger charge is -2.57. The SMILES string of the molecule is C1=CC2C3CCC3C1C1CN(CCCN3CC4C5c6ccccc6C(c6ccccc65)C4C3)CC21. The van der Waals surface area contributed by atoms with Crippen LogP contribution in [-0.2, 0) is 0 Å². The molecule has 2 aromatic carbocycles. The van der Waals surface area contributed by atoms with E-state index in [2.05, 4.69) is 70.5 Å². The highest BCUT2D eigenvalue weighted by Crippen LogP contribution is 2.62. The van der Waals surface area contributed by atoms with Crippen LogP contribution in [0.5, 0.6) is 0 Å². The van der Waals surface area contributed by atoms with Crippen molar-refractivity contribution >= 4 is 0 Å². The maximum absolute atomic E-state index is 2.87. The first-order valence-electron chi connectivity index (χ1n) is 14.7. The smallest absolute Gasteiger partial charge is 0.0139 e. The summed E-state index contributed by atoms with van der Waals surface area (Å²) >= 11 is 0. The van der Waals surface area contributed by atoms with Crippen molar-refractivity contribution in [1.82, 2.24) is 9.80 Å². The lowest BCUT2D eigenvalue weighted by molar-refractivity contribution is -0.0355. The highest BCUT2D eigenvalue weighted by atomic mass is 15.2. The average Bonchev–Trinajstić information content (AvgIpc) is 3.49. The molecule has 4 bridgehead atoms. The van der Waals surface area contributed by atoms with Crippen molar-refractivity contribution < 1.29 is 0 Å². The molecule has 2 nitrogen and oxygen atoms in total. The Kier molecular flexibility index (Phi) is 4.23. The van der Waals surface area contributed by atoms with Crippen molar-refractivity contribution in [3.63, 3.8) is 0 Å². The zero-order chi connectivity index (χ0) is 22.7.